The number of fused-ring (bicyclic) bond motifs is 1. The highest BCUT2D eigenvalue weighted by Crippen LogP contribution is 2.31. The summed E-state index contributed by atoms with van der Waals surface area (Å²) in [5.41, 5.74) is 2.21. The maximum absolute atomic E-state index is 5.92. The molecule has 2 aromatic heterocycles. The summed E-state index contributed by atoms with van der Waals surface area (Å²) in [5, 5.41) is 9.99. The quantitative estimate of drug-likeness (QED) is 0.443. The largest absolute Gasteiger partial charge is 0.486 e. The van der Waals surface area contributed by atoms with Crippen molar-refractivity contribution < 1.29 is 14.2 Å². The summed E-state index contributed by atoms with van der Waals surface area (Å²) in [5.74, 6) is 3.35. The van der Waals surface area contributed by atoms with Crippen LogP contribution in [0.25, 0.3) is 0 Å². The van der Waals surface area contributed by atoms with Gasteiger partial charge in [0.15, 0.2) is 16.7 Å². The Kier molecular flexibility index (Phi) is 7.09. The Morgan fingerprint density at radius 1 is 1.06 bits per heavy atom. The molecule has 174 valence electrons. The fourth-order valence-corrected chi connectivity index (χ4v) is 5.02. The zero-order valence-electron chi connectivity index (χ0n) is 18.9. The van der Waals surface area contributed by atoms with Crippen molar-refractivity contribution in [2.75, 3.05) is 26.9 Å². The number of hydrogen-bond donors (Lipinski definition) is 0. The third kappa shape index (κ3) is 5.66. The predicted molar refractivity (Wildman–Crippen MR) is 125 cm³/mol. The van der Waals surface area contributed by atoms with Crippen LogP contribution in [0.2, 0.25) is 0 Å². The van der Waals surface area contributed by atoms with Gasteiger partial charge in [-0.05, 0) is 49.7 Å². The third-order valence-electron chi connectivity index (χ3n) is 5.75. The number of thioether (sulfide) groups is 1. The Hall–Kier alpha value is -2.62. The van der Waals surface area contributed by atoms with Crippen molar-refractivity contribution >= 4 is 11.8 Å². The van der Waals surface area contributed by atoms with E-state index in [1.165, 1.54) is 5.56 Å². The molecule has 0 amide bonds. The van der Waals surface area contributed by atoms with Gasteiger partial charge in [-0.25, -0.2) is 0 Å². The van der Waals surface area contributed by atoms with Gasteiger partial charge in [0, 0.05) is 25.1 Å². The SMILES string of the molecule is CN(Cc1ccc2c(c1)OCCO2)Cc1nnc(SCc2ccccn2)n1C[C@H]1CCCO1. The second-order valence-corrected chi connectivity index (χ2v) is 9.35. The minimum absolute atomic E-state index is 0.219. The fraction of sp³-hybridized carbons (Fsp3) is 0.458. The first kappa shape index (κ1) is 22.2. The topological polar surface area (TPSA) is 74.5 Å². The zero-order valence-corrected chi connectivity index (χ0v) is 19.7. The Balaban J connectivity index is 1.28. The molecule has 0 radical (unpaired) electrons. The molecular formula is C24H29N5O3S. The normalized spacial score (nSPS) is 17.6. The van der Waals surface area contributed by atoms with Crippen molar-refractivity contribution in [2.24, 2.45) is 0 Å². The lowest BCUT2D eigenvalue weighted by molar-refractivity contribution is 0.0934. The Bertz CT molecular complexity index is 1060. The maximum Gasteiger partial charge on any atom is 0.191 e. The molecule has 1 saturated heterocycles. The smallest absolute Gasteiger partial charge is 0.191 e. The predicted octanol–water partition coefficient (Wildman–Crippen LogP) is 3.55. The summed E-state index contributed by atoms with van der Waals surface area (Å²) in [7, 11) is 2.10. The lowest BCUT2D eigenvalue weighted by Gasteiger charge is -2.21. The molecule has 1 fully saturated rings. The molecule has 9 heteroatoms. The second-order valence-electron chi connectivity index (χ2n) is 8.40. The molecule has 2 aliphatic rings. The monoisotopic (exact) mass is 467 g/mol. The molecule has 33 heavy (non-hydrogen) atoms. The number of ether oxygens (including phenoxy) is 3. The first-order chi connectivity index (χ1) is 16.2. The third-order valence-corrected chi connectivity index (χ3v) is 6.75. The van der Waals surface area contributed by atoms with E-state index >= 15 is 0 Å². The molecule has 3 aromatic rings. The van der Waals surface area contributed by atoms with E-state index in [1.807, 2.05) is 30.5 Å². The number of pyridine rings is 1. The van der Waals surface area contributed by atoms with Crippen LogP contribution < -0.4 is 9.47 Å². The first-order valence-electron chi connectivity index (χ1n) is 11.4. The molecule has 1 atom stereocenters. The highest BCUT2D eigenvalue weighted by atomic mass is 32.2. The number of rotatable bonds is 9. The van der Waals surface area contributed by atoms with Crippen LogP contribution >= 0.6 is 11.8 Å². The van der Waals surface area contributed by atoms with Crippen LogP contribution in [0, 0.1) is 0 Å². The molecule has 2 aliphatic heterocycles. The second kappa shape index (κ2) is 10.5. The van der Waals surface area contributed by atoms with E-state index in [2.05, 4.69) is 43.8 Å². The summed E-state index contributed by atoms with van der Waals surface area (Å²) in [4.78, 5) is 6.67. The van der Waals surface area contributed by atoms with Gasteiger partial charge in [0.25, 0.3) is 0 Å². The van der Waals surface area contributed by atoms with E-state index in [-0.39, 0.29) is 6.10 Å². The Morgan fingerprint density at radius 3 is 2.79 bits per heavy atom. The van der Waals surface area contributed by atoms with Gasteiger partial charge in [-0.2, -0.15) is 0 Å². The highest BCUT2D eigenvalue weighted by Gasteiger charge is 2.22. The molecule has 0 unspecified atom stereocenters. The Labute approximate surface area is 198 Å². The van der Waals surface area contributed by atoms with Crippen LogP contribution in [-0.4, -0.2) is 57.6 Å². The van der Waals surface area contributed by atoms with Crippen molar-refractivity contribution in [2.45, 2.75) is 49.5 Å². The summed E-state index contributed by atoms with van der Waals surface area (Å²) in [6.45, 7) is 4.29. The van der Waals surface area contributed by atoms with Gasteiger partial charge in [-0.15, -0.1) is 10.2 Å². The van der Waals surface area contributed by atoms with Gasteiger partial charge in [0.2, 0.25) is 0 Å². The van der Waals surface area contributed by atoms with E-state index < -0.39 is 0 Å². The minimum Gasteiger partial charge on any atom is -0.486 e. The standard InChI is InChI=1S/C24H29N5O3S/c1-28(14-18-7-8-21-22(13-18)32-12-11-31-21)16-23-26-27-24(29(23)15-20-6-4-10-30-20)33-17-19-5-2-3-9-25-19/h2-3,5,7-9,13,20H,4,6,10-12,14-17H2,1H3/t20-/m1/s1. The Morgan fingerprint density at radius 2 is 1.97 bits per heavy atom. The van der Waals surface area contributed by atoms with Crippen molar-refractivity contribution in [1.29, 1.82) is 0 Å². The van der Waals surface area contributed by atoms with E-state index in [0.717, 1.165) is 66.5 Å². The first-order valence-corrected chi connectivity index (χ1v) is 12.4. The molecule has 0 bridgehead atoms. The van der Waals surface area contributed by atoms with E-state index in [4.69, 9.17) is 14.2 Å². The molecule has 8 nitrogen and oxygen atoms in total. The van der Waals surface area contributed by atoms with E-state index in [0.29, 0.717) is 19.8 Å². The van der Waals surface area contributed by atoms with E-state index in [9.17, 15) is 0 Å². The molecule has 4 heterocycles. The fourth-order valence-electron chi connectivity index (χ4n) is 4.14. The van der Waals surface area contributed by atoms with Crippen molar-refractivity contribution in [3.8, 4) is 11.5 Å². The summed E-state index contributed by atoms with van der Waals surface area (Å²) in [6, 6.07) is 12.1. The summed E-state index contributed by atoms with van der Waals surface area (Å²) in [6.07, 6.45) is 4.24. The van der Waals surface area contributed by atoms with Crippen LogP contribution in [0.15, 0.2) is 47.8 Å². The van der Waals surface area contributed by atoms with Gasteiger partial charge < -0.3 is 18.8 Å². The number of benzene rings is 1. The van der Waals surface area contributed by atoms with Crippen LogP contribution in [0.5, 0.6) is 11.5 Å². The van der Waals surface area contributed by atoms with Crippen molar-refractivity contribution in [3.05, 3.63) is 59.7 Å². The number of nitrogens with zero attached hydrogens (tertiary/aromatic N) is 5. The lowest BCUT2D eigenvalue weighted by Crippen LogP contribution is -2.23. The van der Waals surface area contributed by atoms with Gasteiger partial charge in [-0.1, -0.05) is 23.9 Å². The summed E-state index contributed by atoms with van der Waals surface area (Å²) >= 11 is 1.67. The molecular weight excluding hydrogens is 438 g/mol. The van der Waals surface area contributed by atoms with Gasteiger partial charge >= 0.3 is 0 Å². The maximum atomic E-state index is 5.92. The molecule has 5 rings (SSSR count). The zero-order chi connectivity index (χ0) is 22.5. The van der Waals surface area contributed by atoms with E-state index in [1.54, 1.807) is 11.8 Å². The number of aromatic nitrogens is 4. The van der Waals surface area contributed by atoms with Crippen molar-refractivity contribution in [3.63, 3.8) is 0 Å². The molecule has 1 aromatic carbocycles. The van der Waals surface area contributed by atoms with Gasteiger partial charge in [0.1, 0.15) is 19.0 Å². The van der Waals surface area contributed by atoms with Gasteiger partial charge in [0.05, 0.1) is 24.9 Å². The molecule has 0 saturated carbocycles. The molecule has 0 aliphatic carbocycles. The average molecular weight is 468 g/mol. The van der Waals surface area contributed by atoms with Crippen LogP contribution in [0.4, 0.5) is 0 Å². The highest BCUT2D eigenvalue weighted by molar-refractivity contribution is 7.98. The van der Waals surface area contributed by atoms with Crippen molar-refractivity contribution in [1.82, 2.24) is 24.6 Å². The lowest BCUT2D eigenvalue weighted by atomic mass is 10.2. The minimum atomic E-state index is 0.219. The average Bonchev–Trinajstić information content (AvgIpc) is 3.49. The molecule has 0 N–H and O–H groups in total. The van der Waals surface area contributed by atoms with Crippen LogP contribution in [-0.2, 0) is 30.1 Å². The molecule has 0 spiro atoms. The van der Waals surface area contributed by atoms with Gasteiger partial charge in [-0.3, -0.25) is 9.88 Å². The number of hydrogen-bond acceptors (Lipinski definition) is 8. The van der Waals surface area contributed by atoms with Crippen LogP contribution in [0.3, 0.4) is 0 Å². The van der Waals surface area contributed by atoms with Crippen LogP contribution in [0.1, 0.15) is 29.9 Å². The summed E-state index contributed by atoms with van der Waals surface area (Å²) < 4.78 is 19.5.